The van der Waals surface area contributed by atoms with Crippen molar-refractivity contribution < 1.29 is 4.63 Å². The van der Waals surface area contributed by atoms with Crippen LogP contribution in [0, 0.1) is 6.92 Å². The second kappa shape index (κ2) is 5.78. The second-order valence-electron chi connectivity index (χ2n) is 5.53. The van der Waals surface area contributed by atoms with Crippen LogP contribution >= 0.6 is 0 Å². The van der Waals surface area contributed by atoms with Crippen molar-refractivity contribution in [3.63, 3.8) is 0 Å². The third kappa shape index (κ3) is 2.61. The van der Waals surface area contributed by atoms with Gasteiger partial charge in [0.05, 0.1) is 17.6 Å². The van der Waals surface area contributed by atoms with E-state index in [2.05, 4.69) is 30.2 Å². The van der Waals surface area contributed by atoms with Crippen molar-refractivity contribution in [2.75, 3.05) is 11.5 Å². The molecule has 0 saturated heterocycles. The summed E-state index contributed by atoms with van der Waals surface area (Å²) in [6, 6.07) is 3.75. The topological polar surface area (TPSA) is 143 Å². The molecule has 0 spiro atoms. The minimum atomic E-state index is 0.381. The van der Waals surface area contributed by atoms with Crippen molar-refractivity contribution in [2.45, 2.75) is 13.3 Å². The van der Waals surface area contributed by atoms with Gasteiger partial charge in [0, 0.05) is 41.3 Å². The fourth-order valence-electron chi connectivity index (χ4n) is 2.67. The Balaban J connectivity index is 1.71. The van der Waals surface area contributed by atoms with E-state index in [1.807, 2.05) is 19.1 Å². The first kappa shape index (κ1) is 14.9. The number of nitrogens with two attached hydrogens (primary N) is 2. The van der Waals surface area contributed by atoms with Gasteiger partial charge < -0.3 is 11.5 Å². The molecular formula is C16H14N8O. The van der Waals surface area contributed by atoms with Gasteiger partial charge in [0.15, 0.2) is 5.52 Å². The van der Waals surface area contributed by atoms with Crippen LogP contribution < -0.4 is 11.5 Å². The molecule has 9 nitrogen and oxygen atoms in total. The average molecular weight is 334 g/mol. The van der Waals surface area contributed by atoms with Crippen LogP contribution in [0.15, 0.2) is 35.4 Å². The van der Waals surface area contributed by atoms with Crippen LogP contribution in [-0.4, -0.2) is 30.2 Å². The minimum Gasteiger partial charge on any atom is -0.396 e. The zero-order valence-electron chi connectivity index (χ0n) is 13.3. The van der Waals surface area contributed by atoms with E-state index in [1.165, 1.54) is 0 Å². The average Bonchev–Trinajstić information content (AvgIpc) is 3.08. The quantitative estimate of drug-likeness (QED) is 0.570. The number of aryl methyl sites for hydroxylation is 1. The Kier molecular flexibility index (Phi) is 3.46. The molecule has 0 amide bonds. The van der Waals surface area contributed by atoms with Gasteiger partial charge in [0.2, 0.25) is 5.65 Å². The highest BCUT2D eigenvalue weighted by atomic mass is 16.6. The van der Waals surface area contributed by atoms with Gasteiger partial charge in [-0.15, -0.1) is 0 Å². The highest BCUT2D eigenvalue weighted by Crippen LogP contribution is 2.27. The maximum absolute atomic E-state index is 6.19. The van der Waals surface area contributed by atoms with E-state index in [-0.39, 0.29) is 0 Å². The Hall–Kier alpha value is -3.62. The zero-order chi connectivity index (χ0) is 17.4. The fourth-order valence-corrected chi connectivity index (χ4v) is 2.67. The number of fused-ring (bicyclic) bond motifs is 1. The van der Waals surface area contributed by atoms with Crippen molar-refractivity contribution in [3.05, 3.63) is 47.7 Å². The van der Waals surface area contributed by atoms with Gasteiger partial charge in [0.25, 0.3) is 0 Å². The SMILES string of the molecule is Cc1nc2nonc2c(N)c1Cc1ccc(-c2cnccn2)c(N)n1. The summed E-state index contributed by atoms with van der Waals surface area (Å²) in [6.07, 6.45) is 5.33. The standard InChI is InChI=1S/C16H14N8O/c1-8-11(13(17)14-16(21-8)24-25-23-14)6-9-2-3-10(15(18)22-9)12-7-19-4-5-20-12/h2-5,7H,6,17H2,1H3,(H2,18,22). The smallest absolute Gasteiger partial charge is 0.226 e. The molecule has 9 heteroatoms. The van der Waals surface area contributed by atoms with Crippen molar-refractivity contribution in [2.24, 2.45) is 0 Å². The summed E-state index contributed by atoms with van der Waals surface area (Å²) in [6.45, 7) is 1.86. The molecule has 0 aliphatic carbocycles. The highest BCUT2D eigenvalue weighted by Gasteiger charge is 2.16. The van der Waals surface area contributed by atoms with Crippen molar-refractivity contribution in [3.8, 4) is 11.3 Å². The van der Waals surface area contributed by atoms with Crippen molar-refractivity contribution in [1.29, 1.82) is 0 Å². The predicted molar refractivity (Wildman–Crippen MR) is 91.2 cm³/mol. The van der Waals surface area contributed by atoms with E-state index in [4.69, 9.17) is 16.1 Å². The van der Waals surface area contributed by atoms with Gasteiger partial charge in [-0.3, -0.25) is 9.97 Å². The maximum atomic E-state index is 6.19. The molecule has 25 heavy (non-hydrogen) atoms. The van der Waals surface area contributed by atoms with Crippen molar-refractivity contribution >= 4 is 22.7 Å². The molecule has 0 saturated carbocycles. The summed E-state index contributed by atoms with van der Waals surface area (Å²) in [5.74, 6) is 0.381. The van der Waals surface area contributed by atoms with Crippen LogP contribution in [0.1, 0.15) is 17.0 Å². The first-order valence-electron chi connectivity index (χ1n) is 7.52. The summed E-state index contributed by atoms with van der Waals surface area (Å²) >= 11 is 0. The molecule has 0 atom stereocenters. The Morgan fingerprint density at radius 1 is 1.08 bits per heavy atom. The van der Waals surface area contributed by atoms with E-state index >= 15 is 0 Å². The number of aromatic nitrogens is 6. The highest BCUT2D eigenvalue weighted by molar-refractivity contribution is 5.85. The summed E-state index contributed by atoms with van der Waals surface area (Å²) in [5, 5.41) is 7.52. The third-order valence-corrected chi connectivity index (χ3v) is 3.94. The molecule has 0 fully saturated rings. The molecule has 124 valence electrons. The number of rotatable bonds is 3. The maximum Gasteiger partial charge on any atom is 0.226 e. The largest absolute Gasteiger partial charge is 0.396 e. The van der Waals surface area contributed by atoms with Crippen LogP contribution in [0.25, 0.3) is 22.4 Å². The molecule has 4 aromatic heterocycles. The summed E-state index contributed by atoms with van der Waals surface area (Å²) in [4.78, 5) is 17.1. The summed E-state index contributed by atoms with van der Waals surface area (Å²) in [5.41, 5.74) is 17.4. The van der Waals surface area contributed by atoms with Gasteiger partial charge in [-0.25, -0.2) is 14.6 Å². The molecule has 0 radical (unpaired) electrons. The Labute approximate surface area is 142 Å². The van der Waals surface area contributed by atoms with Crippen LogP contribution in [0.3, 0.4) is 0 Å². The lowest BCUT2D eigenvalue weighted by atomic mass is 10.0. The van der Waals surface area contributed by atoms with E-state index in [0.717, 1.165) is 22.5 Å². The second-order valence-corrected chi connectivity index (χ2v) is 5.53. The molecule has 0 aliphatic rings. The van der Waals surface area contributed by atoms with Crippen molar-refractivity contribution in [1.82, 2.24) is 30.2 Å². The molecule has 4 N–H and O–H groups in total. The monoisotopic (exact) mass is 334 g/mol. The minimum absolute atomic E-state index is 0.381. The van der Waals surface area contributed by atoms with E-state index in [9.17, 15) is 0 Å². The van der Waals surface area contributed by atoms with Gasteiger partial charge >= 0.3 is 0 Å². The number of anilines is 2. The summed E-state index contributed by atoms with van der Waals surface area (Å²) < 4.78 is 4.70. The van der Waals surface area contributed by atoms with Gasteiger partial charge in [-0.2, -0.15) is 0 Å². The third-order valence-electron chi connectivity index (χ3n) is 3.94. The lowest BCUT2D eigenvalue weighted by Crippen LogP contribution is -2.05. The number of hydrogen-bond acceptors (Lipinski definition) is 9. The molecule has 4 rings (SSSR count). The van der Waals surface area contributed by atoms with Gasteiger partial charge in [0.1, 0.15) is 5.82 Å². The van der Waals surface area contributed by atoms with Crippen LogP contribution in [0.4, 0.5) is 11.5 Å². The van der Waals surface area contributed by atoms with Gasteiger partial charge in [-0.05, 0) is 29.4 Å². The first-order chi connectivity index (χ1) is 12.1. The number of hydrogen-bond donors (Lipinski definition) is 2. The van der Waals surface area contributed by atoms with Crippen LogP contribution in [0.5, 0.6) is 0 Å². The summed E-state index contributed by atoms with van der Waals surface area (Å²) in [7, 11) is 0. The molecule has 0 unspecified atom stereocenters. The number of pyridine rings is 2. The number of nitrogens with zero attached hydrogens (tertiary/aromatic N) is 6. The van der Waals surface area contributed by atoms with Crippen LogP contribution in [-0.2, 0) is 6.42 Å². The van der Waals surface area contributed by atoms with Crippen LogP contribution in [0.2, 0.25) is 0 Å². The molecule has 0 bridgehead atoms. The van der Waals surface area contributed by atoms with Gasteiger partial charge in [-0.1, -0.05) is 0 Å². The van der Waals surface area contributed by atoms with E-state index < -0.39 is 0 Å². The van der Waals surface area contributed by atoms with E-state index in [0.29, 0.717) is 34.8 Å². The first-order valence-corrected chi connectivity index (χ1v) is 7.52. The Morgan fingerprint density at radius 3 is 2.72 bits per heavy atom. The normalized spacial score (nSPS) is 11.1. The lowest BCUT2D eigenvalue weighted by molar-refractivity contribution is 0.315. The molecule has 0 aliphatic heterocycles. The Bertz CT molecular complexity index is 1060. The zero-order valence-corrected chi connectivity index (χ0v) is 13.3. The Morgan fingerprint density at radius 2 is 1.96 bits per heavy atom. The molecular weight excluding hydrogens is 320 g/mol. The fraction of sp³-hybridized carbons (Fsp3) is 0.125. The molecule has 0 aromatic carbocycles. The lowest BCUT2D eigenvalue weighted by Gasteiger charge is -2.10. The molecule has 4 aromatic rings. The predicted octanol–water partition coefficient (Wildman–Crippen LogP) is 1.53. The number of nitrogen functional groups attached to an aromatic ring is 2. The van der Waals surface area contributed by atoms with E-state index in [1.54, 1.807) is 18.6 Å². The molecule has 4 heterocycles.